The van der Waals surface area contributed by atoms with Gasteiger partial charge >= 0.3 is 0 Å². The number of halogens is 1. The monoisotopic (exact) mass is 406 g/mol. The van der Waals surface area contributed by atoms with Gasteiger partial charge in [-0.3, -0.25) is 4.98 Å². The molecule has 0 radical (unpaired) electrons. The summed E-state index contributed by atoms with van der Waals surface area (Å²) in [6.07, 6.45) is 9.35. The number of aromatic nitrogens is 1. The third kappa shape index (κ3) is 3.27. The lowest BCUT2D eigenvalue weighted by Crippen LogP contribution is -2.32. The van der Waals surface area contributed by atoms with Crippen LogP contribution in [0.15, 0.2) is 39.7 Å². The molecule has 3 aliphatic rings. The Hall–Kier alpha value is -2.47. The van der Waals surface area contributed by atoms with Gasteiger partial charge in [0.15, 0.2) is 0 Å². The molecule has 1 aliphatic heterocycles. The normalized spacial score (nSPS) is 20.1. The Morgan fingerprint density at radius 3 is 2.40 bits per heavy atom. The van der Waals surface area contributed by atoms with Crippen molar-refractivity contribution in [1.82, 2.24) is 4.98 Å². The predicted molar refractivity (Wildman–Crippen MR) is 114 cm³/mol. The van der Waals surface area contributed by atoms with Crippen molar-refractivity contribution in [3.05, 3.63) is 52.6 Å². The standard InChI is InChI=1S/C24H27FN4O/c25-17-10-8-16(9-11-17)21-18-6-2-1-3-7-19(18)27-23(22(21)20-14-26-29-28-20)24(15-30)12-4-5-13-24/h8-11,30H,1-7,12-15H2. The molecule has 2 aliphatic carbocycles. The largest absolute Gasteiger partial charge is 0.395 e. The lowest BCUT2D eigenvalue weighted by atomic mass is 9.76. The average molecular weight is 407 g/mol. The van der Waals surface area contributed by atoms with Crippen molar-refractivity contribution in [2.45, 2.75) is 63.2 Å². The molecule has 0 atom stereocenters. The summed E-state index contributed by atoms with van der Waals surface area (Å²) in [6, 6.07) is 6.75. The minimum Gasteiger partial charge on any atom is -0.395 e. The van der Waals surface area contributed by atoms with Crippen LogP contribution in [0, 0.1) is 5.82 Å². The molecule has 0 bridgehead atoms. The maximum absolute atomic E-state index is 13.7. The first kappa shape index (κ1) is 19.5. The van der Waals surface area contributed by atoms with Crippen LogP contribution >= 0.6 is 0 Å². The first-order valence-electron chi connectivity index (χ1n) is 11.1. The molecule has 0 amide bonds. The molecule has 5 rings (SSSR count). The molecule has 1 aromatic carbocycles. The summed E-state index contributed by atoms with van der Waals surface area (Å²) in [6.45, 7) is 0.499. The van der Waals surface area contributed by atoms with E-state index in [4.69, 9.17) is 4.98 Å². The minimum absolute atomic E-state index is 0.0796. The molecule has 0 unspecified atom stereocenters. The molecular formula is C24H27FN4O. The van der Waals surface area contributed by atoms with Crippen LogP contribution in [0.2, 0.25) is 0 Å². The highest BCUT2D eigenvalue weighted by molar-refractivity contribution is 6.09. The van der Waals surface area contributed by atoms with E-state index in [-0.39, 0.29) is 17.8 Å². The van der Waals surface area contributed by atoms with E-state index in [0.717, 1.165) is 85.2 Å². The molecule has 156 valence electrons. The van der Waals surface area contributed by atoms with Gasteiger partial charge in [-0.05, 0) is 72.6 Å². The molecular weight excluding hydrogens is 379 g/mol. The number of hydrogen-bond acceptors (Lipinski definition) is 5. The fraction of sp³-hybridized carbons (Fsp3) is 0.500. The molecule has 1 N–H and O–H groups in total. The SMILES string of the molecule is OCC1(c2nc3c(c(-c4ccc(F)cc4)c2C2=NN=NC2)CCCCC3)CCCC1. The third-order valence-electron chi connectivity index (χ3n) is 6.96. The van der Waals surface area contributed by atoms with Crippen molar-refractivity contribution in [3.63, 3.8) is 0 Å². The zero-order chi connectivity index (χ0) is 20.6. The summed E-state index contributed by atoms with van der Waals surface area (Å²) in [4.78, 5) is 5.25. The van der Waals surface area contributed by atoms with E-state index < -0.39 is 0 Å². The summed E-state index contributed by atoms with van der Waals surface area (Å²) in [5.41, 5.74) is 6.85. The lowest BCUT2D eigenvalue weighted by molar-refractivity contribution is 0.192. The lowest BCUT2D eigenvalue weighted by Gasteiger charge is -2.31. The van der Waals surface area contributed by atoms with Gasteiger partial charge in [0.1, 0.15) is 12.4 Å². The molecule has 5 nitrogen and oxygen atoms in total. The van der Waals surface area contributed by atoms with Gasteiger partial charge in [0, 0.05) is 16.7 Å². The smallest absolute Gasteiger partial charge is 0.123 e. The maximum atomic E-state index is 13.7. The second-order valence-corrected chi connectivity index (χ2v) is 8.78. The average Bonchev–Trinajstić information content (AvgIpc) is 3.42. The second kappa shape index (κ2) is 7.99. The second-order valence-electron chi connectivity index (χ2n) is 8.78. The molecule has 30 heavy (non-hydrogen) atoms. The number of rotatable bonds is 4. The van der Waals surface area contributed by atoms with Crippen molar-refractivity contribution in [3.8, 4) is 11.1 Å². The first-order valence-corrected chi connectivity index (χ1v) is 11.1. The molecule has 0 spiro atoms. The predicted octanol–water partition coefficient (Wildman–Crippen LogP) is 5.13. The quantitative estimate of drug-likeness (QED) is 0.715. The van der Waals surface area contributed by atoms with Gasteiger partial charge in [0.05, 0.1) is 18.0 Å². The highest BCUT2D eigenvalue weighted by atomic mass is 19.1. The van der Waals surface area contributed by atoms with Gasteiger partial charge in [-0.1, -0.05) is 31.4 Å². The van der Waals surface area contributed by atoms with Crippen LogP contribution in [0.5, 0.6) is 0 Å². The molecule has 0 saturated heterocycles. The summed E-state index contributed by atoms with van der Waals surface area (Å²) in [7, 11) is 0. The Labute approximate surface area is 176 Å². The highest BCUT2D eigenvalue weighted by Gasteiger charge is 2.41. The van der Waals surface area contributed by atoms with Crippen LogP contribution in [0.1, 0.15) is 67.5 Å². The van der Waals surface area contributed by atoms with E-state index in [1.54, 1.807) is 0 Å². The molecule has 2 heterocycles. The van der Waals surface area contributed by atoms with Crippen LogP contribution in [-0.2, 0) is 18.3 Å². The zero-order valence-corrected chi connectivity index (χ0v) is 17.2. The number of nitrogens with zero attached hydrogens (tertiary/aromatic N) is 4. The highest BCUT2D eigenvalue weighted by Crippen LogP contribution is 2.46. The molecule has 1 fully saturated rings. The van der Waals surface area contributed by atoms with Gasteiger partial charge in [-0.2, -0.15) is 5.11 Å². The number of hydrogen-bond donors (Lipinski definition) is 1. The number of aliphatic hydroxyl groups is 1. The maximum Gasteiger partial charge on any atom is 0.123 e. The van der Waals surface area contributed by atoms with E-state index in [9.17, 15) is 9.50 Å². The summed E-state index contributed by atoms with van der Waals surface area (Å²) >= 11 is 0. The molecule has 1 saturated carbocycles. The van der Waals surface area contributed by atoms with Crippen molar-refractivity contribution in [2.24, 2.45) is 15.4 Å². The Balaban J connectivity index is 1.84. The molecule has 6 heteroatoms. The van der Waals surface area contributed by atoms with Crippen LogP contribution in [0.25, 0.3) is 11.1 Å². The van der Waals surface area contributed by atoms with Crippen LogP contribution in [0.3, 0.4) is 0 Å². The molecule has 1 aromatic heterocycles. The van der Waals surface area contributed by atoms with E-state index in [1.165, 1.54) is 24.1 Å². The number of aliphatic hydroxyl groups excluding tert-OH is 1. The topological polar surface area (TPSA) is 70.2 Å². The Bertz CT molecular complexity index is 1010. The fourth-order valence-corrected chi connectivity index (χ4v) is 5.39. The van der Waals surface area contributed by atoms with E-state index in [1.807, 2.05) is 12.1 Å². The van der Waals surface area contributed by atoms with Crippen LogP contribution in [0.4, 0.5) is 4.39 Å². The van der Waals surface area contributed by atoms with E-state index in [0.29, 0.717) is 6.54 Å². The van der Waals surface area contributed by atoms with Gasteiger partial charge in [0.2, 0.25) is 0 Å². The van der Waals surface area contributed by atoms with Crippen molar-refractivity contribution >= 4 is 5.71 Å². The van der Waals surface area contributed by atoms with Gasteiger partial charge in [-0.25, -0.2) is 4.39 Å². The number of aryl methyl sites for hydroxylation is 1. The van der Waals surface area contributed by atoms with Gasteiger partial charge < -0.3 is 5.11 Å². The van der Waals surface area contributed by atoms with Gasteiger partial charge in [0.25, 0.3) is 0 Å². The van der Waals surface area contributed by atoms with Crippen LogP contribution < -0.4 is 0 Å². The Kier molecular flexibility index (Phi) is 5.19. The van der Waals surface area contributed by atoms with Crippen LogP contribution in [-0.4, -0.2) is 29.0 Å². The minimum atomic E-state index is -0.351. The van der Waals surface area contributed by atoms with E-state index >= 15 is 0 Å². The fourth-order valence-electron chi connectivity index (χ4n) is 5.39. The number of benzene rings is 1. The molecule has 2 aromatic rings. The third-order valence-corrected chi connectivity index (χ3v) is 6.96. The Morgan fingerprint density at radius 1 is 0.933 bits per heavy atom. The first-order chi connectivity index (χ1) is 14.7. The summed E-state index contributed by atoms with van der Waals surface area (Å²) in [5, 5.41) is 22.9. The van der Waals surface area contributed by atoms with Crippen molar-refractivity contribution < 1.29 is 9.50 Å². The van der Waals surface area contributed by atoms with E-state index in [2.05, 4.69) is 15.4 Å². The Morgan fingerprint density at radius 2 is 1.70 bits per heavy atom. The number of pyridine rings is 1. The number of fused-ring (bicyclic) bond motifs is 1. The van der Waals surface area contributed by atoms with Crippen molar-refractivity contribution in [1.29, 1.82) is 0 Å². The summed E-state index contributed by atoms with van der Waals surface area (Å²) < 4.78 is 13.7. The summed E-state index contributed by atoms with van der Waals surface area (Å²) in [5.74, 6) is -0.244. The van der Waals surface area contributed by atoms with Gasteiger partial charge in [-0.15, -0.1) is 5.10 Å². The zero-order valence-electron chi connectivity index (χ0n) is 17.2. The van der Waals surface area contributed by atoms with Crippen molar-refractivity contribution in [2.75, 3.05) is 13.2 Å².